The molecule has 24 heavy (non-hydrogen) atoms. The Morgan fingerprint density at radius 2 is 1.62 bits per heavy atom. The molecule has 2 aromatic carbocycles. The molecule has 0 aromatic heterocycles. The summed E-state index contributed by atoms with van der Waals surface area (Å²) in [6.07, 6.45) is 0. The number of nitrogens with two attached hydrogens (primary N) is 1. The molecule has 1 amide bonds. The van der Waals surface area contributed by atoms with Crippen LogP contribution in [-0.2, 0) is 4.79 Å². The van der Waals surface area contributed by atoms with E-state index in [-0.39, 0.29) is 23.9 Å². The van der Waals surface area contributed by atoms with Crippen molar-refractivity contribution in [2.24, 2.45) is 5.73 Å². The van der Waals surface area contributed by atoms with E-state index in [4.69, 9.17) is 5.73 Å². The van der Waals surface area contributed by atoms with Gasteiger partial charge in [0.15, 0.2) is 0 Å². The minimum atomic E-state index is -0.277. The first-order valence-corrected chi connectivity index (χ1v) is 8.38. The topological polar surface area (TPSA) is 49.6 Å². The van der Waals surface area contributed by atoms with E-state index in [0.717, 1.165) is 18.7 Å². The van der Waals surface area contributed by atoms with Crippen LogP contribution in [0.25, 0.3) is 0 Å². The van der Waals surface area contributed by atoms with Crippen LogP contribution in [0.1, 0.15) is 23.1 Å². The van der Waals surface area contributed by atoms with Gasteiger partial charge in [-0.15, -0.1) is 0 Å². The van der Waals surface area contributed by atoms with Crippen LogP contribution in [0.4, 0.5) is 0 Å². The Balaban J connectivity index is 1.88. The Morgan fingerprint density at radius 3 is 2.21 bits per heavy atom. The van der Waals surface area contributed by atoms with Crippen molar-refractivity contribution >= 4 is 5.91 Å². The Kier molecular flexibility index (Phi) is 4.97. The molecule has 1 heterocycles. The number of hydrogen-bond donors (Lipinski definition) is 1. The maximum atomic E-state index is 12.8. The van der Waals surface area contributed by atoms with E-state index in [1.54, 1.807) is 4.90 Å². The molecule has 1 unspecified atom stereocenters. The van der Waals surface area contributed by atoms with Crippen molar-refractivity contribution in [1.29, 1.82) is 0 Å². The fourth-order valence-corrected chi connectivity index (χ4v) is 3.51. The van der Waals surface area contributed by atoms with Crippen molar-refractivity contribution in [3.63, 3.8) is 0 Å². The first-order chi connectivity index (χ1) is 11.6. The molecular formula is C20H25N3O. The van der Waals surface area contributed by atoms with E-state index in [1.807, 2.05) is 62.6 Å². The molecule has 0 bridgehead atoms. The summed E-state index contributed by atoms with van der Waals surface area (Å²) in [5.74, 6) is 0.356. The number of likely N-dealkylation sites (N-methyl/N-ethyl adjacent to an activating group) is 1. The largest absolute Gasteiger partial charge is 0.347 e. The molecule has 0 spiro atoms. The maximum Gasteiger partial charge on any atom is 0.244 e. The predicted octanol–water partition coefficient (Wildman–Crippen LogP) is 2.24. The number of rotatable bonds is 4. The van der Waals surface area contributed by atoms with Crippen LogP contribution >= 0.6 is 0 Å². The third kappa shape index (κ3) is 3.35. The summed E-state index contributed by atoms with van der Waals surface area (Å²) in [5.41, 5.74) is 8.70. The average Bonchev–Trinajstić information content (AvgIpc) is 2.98. The minimum Gasteiger partial charge on any atom is -0.347 e. The zero-order chi connectivity index (χ0) is 17.1. The standard InChI is InChI=1S/C20H25N3O/c1-22(2)20(24)19(16-11-7-4-8-12-16)23-13-17(18(21)14-23)15-9-5-3-6-10-15/h3-12,17-19H,13-14,21H2,1-2H3/t17-,18+,19?/m0/s1. The van der Waals surface area contributed by atoms with Gasteiger partial charge >= 0.3 is 0 Å². The smallest absolute Gasteiger partial charge is 0.244 e. The molecule has 0 radical (unpaired) electrons. The van der Waals surface area contributed by atoms with E-state index in [9.17, 15) is 4.79 Å². The SMILES string of the molecule is CN(C)C(=O)C(c1ccccc1)N1C[C@@H](N)[C@H](c2ccccc2)C1. The number of likely N-dealkylation sites (tertiary alicyclic amines) is 1. The highest BCUT2D eigenvalue weighted by Gasteiger charge is 2.38. The molecule has 2 aromatic rings. The summed E-state index contributed by atoms with van der Waals surface area (Å²) < 4.78 is 0. The number of nitrogens with zero attached hydrogens (tertiary/aromatic N) is 2. The van der Waals surface area contributed by atoms with Gasteiger partial charge in [-0.05, 0) is 11.1 Å². The Morgan fingerprint density at radius 1 is 1.04 bits per heavy atom. The predicted molar refractivity (Wildman–Crippen MR) is 96.6 cm³/mol. The van der Waals surface area contributed by atoms with Gasteiger partial charge in [0.25, 0.3) is 0 Å². The lowest BCUT2D eigenvalue weighted by atomic mass is 9.95. The van der Waals surface area contributed by atoms with Crippen molar-refractivity contribution in [3.05, 3.63) is 71.8 Å². The summed E-state index contributed by atoms with van der Waals surface area (Å²) in [6, 6.07) is 20.1. The van der Waals surface area contributed by atoms with Gasteiger partial charge in [0.2, 0.25) is 5.91 Å². The molecule has 1 aliphatic heterocycles. The maximum absolute atomic E-state index is 12.8. The highest BCUT2D eigenvalue weighted by Crippen LogP contribution is 2.33. The normalized spacial score (nSPS) is 22.3. The zero-order valence-corrected chi connectivity index (χ0v) is 14.3. The molecular weight excluding hydrogens is 298 g/mol. The van der Waals surface area contributed by atoms with E-state index in [2.05, 4.69) is 17.0 Å². The van der Waals surface area contributed by atoms with Gasteiger partial charge in [0.05, 0.1) is 0 Å². The van der Waals surface area contributed by atoms with Gasteiger partial charge in [-0.2, -0.15) is 0 Å². The monoisotopic (exact) mass is 323 g/mol. The first kappa shape index (κ1) is 16.7. The highest BCUT2D eigenvalue weighted by molar-refractivity contribution is 5.83. The lowest BCUT2D eigenvalue weighted by Gasteiger charge is -2.29. The van der Waals surface area contributed by atoms with E-state index in [0.29, 0.717) is 0 Å². The molecule has 3 atom stereocenters. The Labute approximate surface area is 143 Å². The lowest BCUT2D eigenvalue weighted by molar-refractivity contribution is -0.134. The van der Waals surface area contributed by atoms with Gasteiger partial charge in [-0.25, -0.2) is 0 Å². The van der Waals surface area contributed by atoms with Gasteiger partial charge in [-0.1, -0.05) is 60.7 Å². The van der Waals surface area contributed by atoms with Crippen LogP contribution in [0.2, 0.25) is 0 Å². The molecule has 1 fully saturated rings. The van der Waals surface area contributed by atoms with Gasteiger partial charge in [-0.3, -0.25) is 9.69 Å². The van der Waals surface area contributed by atoms with Crippen LogP contribution in [0.5, 0.6) is 0 Å². The van der Waals surface area contributed by atoms with Crippen LogP contribution in [0.15, 0.2) is 60.7 Å². The van der Waals surface area contributed by atoms with Crippen LogP contribution < -0.4 is 5.73 Å². The number of benzene rings is 2. The van der Waals surface area contributed by atoms with Crippen molar-refractivity contribution in [2.45, 2.75) is 18.0 Å². The van der Waals surface area contributed by atoms with Crippen molar-refractivity contribution in [3.8, 4) is 0 Å². The van der Waals surface area contributed by atoms with Crippen LogP contribution in [0.3, 0.4) is 0 Å². The average molecular weight is 323 g/mol. The number of carbonyl (C=O) groups excluding carboxylic acids is 1. The van der Waals surface area contributed by atoms with E-state index in [1.165, 1.54) is 5.56 Å². The van der Waals surface area contributed by atoms with E-state index < -0.39 is 0 Å². The number of hydrogen-bond acceptors (Lipinski definition) is 3. The number of amides is 1. The molecule has 1 saturated heterocycles. The minimum absolute atomic E-state index is 0.0357. The van der Waals surface area contributed by atoms with Crippen molar-refractivity contribution in [1.82, 2.24) is 9.80 Å². The van der Waals surface area contributed by atoms with Gasteiger partial charge in [0, 0.05) is 39.1 Å². The zero-order valence-electron chi connectivity index (χ0n) is 14.3. The summed E-state index contributed by atoms with van der Waals surface area (Å²) in [6.45, 7) is 1.52. The highest BCUT2D eigenvalue weighted by atomic mass is 16.2. The summed E-state index contributed by atoms with van der Waals surface area (Å²) in [5, 5.41) is 0. The Bertz CT molecular complexity index is 672. The molecule has 2 N–H and O–H groups in total. The second-order valence-corrected chi connectivity index (χ2v) is 6.68. The summed E-state index contributed by atoms with van der Waals surface area (Å²) in [7, 11) is 3.62. The summed E-state index contributed by atoms with van der Waals surface area (Å²) in [4.78, 5) is 16.7. The van der Waals surface area contributed by atoms with Gasteiger partial charge in [0.1, 0.15) is 6.04 Å². The van der Waals surface area contributed by atoms with Crippen LogP contribution in [0, 0.1) is 0 Å². The molecule has 1 aliphatic rings. The van der Waals surface area contributed by atoms with Crippen molar-refractivity contribution < 1.29 is 4.79 Å². The first-order valence-electron chi connectivity index (χ1n) is 8.38. The lowest BCUT2D eigenvalue weighted by Crippen LogP contribution is -2.40. The van der Waals surface area contributed by atoms with Crippen LogP contribution in [-0.4, -0.2) is 48.9 Å². The number of carbonyl (C=O) groups is 1. The second kappa shape index (κ2) is 7.16. The third-order valence-electron chi connectivity index (χ3n) is 4.78. The second-order valence-electron chi connectivity index (χ2n) is 6.68. The molecule has 0 aliphatic carbocycles. The molecule has 4 heteroatoms. The molecule has 0 saturated carbocycles. The fraction of sp³-hybridized carbons (Fsp3) is 0.350. The van der Waals surface area contributed by atoms with Gasteiger partial charge < -0.3 is 10.6 Å². The van der Waals surface area contributed by atoms with Crippen molar-refractivity contribution in [2.75, 3.05) is 27.2 Å². The molecule has 4 nitrogen and oxygen atoms in total. The molecule has 3 rings (SSSR count). The summed E-state index contributed by atoms with van der Waals surface area (Å²) >= 11 is 0. The molecule has 126 valence electrons. The fourth-order valence-electron chi connectivity index (χ4n) is 3.51. The third-order valence-corrected chi connectivity index (χ3v) is 4.78. The van der Waals surface area contributed by atoms with E-state index >= 15 is 0 Å². The quantitative estimate of drug-likeness (QED) is 0.939. The Hall–Kier alpha value is -2.17.